The summed E-state index contributed by atoms with van der Waals surface area (Å²) in [7, 11) is 0. The largest absolute Gasteiger partial charge is 0.502 e. The Labute approximate surface area is 101 Å². The summed E-state index contributed by atoms with van der Waals surface area (Å²) in [5, 5.41) is 21.9. The molecule has 1 heterocycles. The van der Waals surface area contributed by atoms with Crippen LogP contribution in [0.2, 0.25) is 0 Å². The molecule has 0 amide bonds. The molecule has 1 atom stereocenters. The number of hydrogen-bond acceptors (Lipinski definition) is 5. The van der Waals surface area contributed by atoms with Crippen LogP contribution in [0.5, 0.6) is 5.75 Å². The van der Waals surface area contributed by atoms with E-state index in [1.165, 1.54) is 23.5 Å². The minimum absolute atomic E-state index is 0.325. The zero-order chi connectivity index (χ0) is 12.4. The summed E-state index contributed by atoms with van der Waals surface area (Å²) in [6, 6.07) is 7.52. The molecule has 3 N–H and O–H groups in total. The molecule has 2 rings (SSSR count). The third-order valence-electron chi connectivity index (χ3n) is 2.40. The second-order valence-electron chi connectivity index (χ2n) is 3.50. The van der Waals surface area contributed by atoms with Gasteiger partial charge < -0.3 is 10.8 Å². The number of aromatic hydroxyl groups is 1. The van der Waals surface area contributed by atoms with Gasteiger partial charge in [-0.3, -0.25) is 10.1 Å². The molecule has 0 radical (unpaired) electrons. The Bertz CT molecular complexity index is 540. The van der Waals surface area contributed by atoms with Crippen molar-refractivity contribution in [3.63, 3.8) is 0 Å². The van der Waals surface area contributed by atoms with E-state index >= 15 is 0 Å². The van der Waals surface area contributed by atoms with Crippen LogP contribution in [0.25, 0.3) is 0 Å². The minimum atomic E-state index is -0.625. The zero-order valence-electron chi connectivity index (χ0n) is 8.74. The van der Waals surface area contributed by atoms with Crippen molar-refractivity contribution in [3.05, 3.63) is 56.3 Å². The van der Waals surface area contributed by atoms with Crippen LogP contribution >= 0.6 is 11.3 Å². The third-order valence-corrected chi connectivity index (χ3v) is 3.36. The van der Waals surface area contributed by atoms with Crippen LogP contribution in [0.1, 0.15) is 16.5 Å². The fraction of sp³-hybridized carbons (Fsp3) is 0.0909. The van der Waals surface area contributed by atoms with Gasteiger partial charge in [-0.25, -0.2) is 0 Å². The summed E-state index contributed by atoms with van der Waals surface area (Å²) in [6.45, 7) is 0. The summed E-state index contributed by atoms with van der Waals surface area (Å²) in [4.78, 5) is 11.0. The van der Waals surface area contributed by atoms with Crippen molar-refractivity contribution < 1.29 is 10.0 Å². The number of nitrogens with zero attached hydrogens (tertiary/aromatic N) is 1. The first-order chi connectivity index (χ1) is 8.09. The molecule has 0 fully saturated rings. The first-order valence-corrected chi connectivity index (χ1v) is 5.74. The zero-order valence-corrected chi connectivity index (χ0v) is 9.55. The SMILES string of the molecule is N[C@@H](c1ccc(O)c([N+](=O)[O-])c1)c1cccs1. The standard InChI is InChI=1S/C11H10N2O3S/c12-11(10-2-1-5-17-10)7-3-4-9(14)8(6-7)13(15)16/h1-6,11,14H,12H2/t11-/m0/s1. The van der Waals surface area contributed by atoms with Gasteiger partial charge in [0.1, 0.15) is 0 Å². The number of benzene rings is 1. The Hall–Kier alpha value is -1.92. The monoisotopic (exact) mass is 250 g/mol. The minimum Gasteiger partial charge on any atom is -0.502 e. The van der Waals surface area contributed by atoms with Crippen LogP contribution in [-0.2, 0) is 0 Å². The summed E-state index contributed by atoms with van der Waals surface area (Å²) >= 11 is 1.49. The first kappa shape index (κ1) is 11.6. The molecular formula is C11H10N2O3S. The molecule has 6 heteroatoms. The van der Waals surface area contributed by atoms with Crippen molar-refractivity contribution in [2.75, 3.05) is 0 Å². The van der Waals surface area contributed by atoms with E-state index in [1.807, 2.05) is 17.5 Å². The number of phenolic OH excluding ortho intramolecular Hbond substituents is 1. The number of hydrogen-bond donors (Lipinski definition) is 2. The van der Waals surface area contributed by atoms with E-state index in [-0.39, 0.29) is 11.4 Å². The molecule has 0 saturated carbocycles. The van der Waals surface area contributed by atoms with Gasteiger partial charge in [-0.2, -0.15) is 0 Å². The topological polar surface area (TPSA) is 89.4 Å². The highest BCUT2D eigenvalue weighted by molar-refractivity contribution is 7.10. The number of nitrogens with two attached hydrogens (primary N) is 1. The van der Waals surface area contributed by atoms with Gasteiger partial charge in [-0.05, 0) is 23.1 Å². The lowest BCUT2D eigenvalue weighted by Crippen LogP contribution is -2.10. The van der Waals surface area contributed by atoms with Gasteiger partial charge in [0.05, 0.1) is 11.0 Å². The van der Waals surface area contributed by atoms with Crippen LogP contribution in [0.15, 0.2) is 35.7 Å². The van der Waals surface area contributed by atoms with E-state index in [9.17, 15) is 15.2 Å². The third kappa shape index (κ3) is 2.27. The van der Waals surface area contributed by atoms with Crippen molar-refractivity contribution in [2.45, 2.75) is 6.04 Å². The van der Waals surface area contributed by atoms with Gasteiger partial charge >= 0.3 is 5.69 Å². The molecule has 0 bridgehead atoms. The predicted molar refractivity (Wildman–Crippen MR) is 65.1 cm³/mol. The summed E-state index contributed by atoms with van der Waals surface area (Å²) in [6.07, 6.45) is 0. The number of nitro benzene ring substituents is 1. The Morgan fingerprint density at radius 1 is 1.41 bits per heavy atom. The normalized spacial score (nSPS) is 12.3. The van der Waals surface area contributed by atoms with Crippen molar-refractivity contribution in [2.24, 2.45) is 5.73 Å². The quantitative estimate of drug-likeness (QED) is 0.646. The van der Waals surface area contributed by atoms with Gasteiger partial charge in [0.2, 0.25) is 0 Å². The first-order valence-electron chi connectivity index (χ1n) is 4.86. The van der Waals surface area contributed by atoms with Crippen molar-refractivity contribution in [3.8, 4) is 5.75 Å². The maximum Gasteiger partial charge on any atom is 0.311 e. The van der Waals surface area contributed by atoms with Gasteiger partial charge in [0, 0.05) is 10.9 Å². The Morgan fingerprint density at radius 3 is 2.76 bits per heavy atom. The second-order valence-corrected chi connectivity index (χ2v) is 4.48. The maximum atomic E-state index is 10.7. The molecule has 0 aliphatic carbocycles. The average Bonchev–Trinajstić information content (AvgIpc) is 2.81. The number of nitro groups is 1. The molecule has 0 spiro atoms. The van der Waals surface area contributed by atoms with E-state index in [0.717, 1.165) is 4.88 Å². The Balaban J connectivity index is 2.40. The van der Waals surface area contributed by atoms with Crippen LogP contribution in [0, 0.1) is 10.1 Å². The van der Waals surface area contributed by atoms with E-state index in [0.29, 0.717) is 5.56 Å². The lowest BCUT2D eigenvalue weighted by atomic mass is 10.1. The van der Waals surface area contributed by atoms with E-state index in [2.05, 4.69) is 0 Å². The van der Waals surface area contributed by atoms with E-state index < -0.39 is 11.0 Å². The molecule has 5 nitrogen and oxygen atoms in total. The molecule has 1 aromatic heterocycles. The summed E-state index contributed by atoms with van der Waals surface area (Å²) in [5.41, 5.74) is 6.27. The highest BCUT2D eigenvalue weighted by atomic mass is 32.1. The Kier molecular flexibility index (Phi) is 3.08. The van der Waals surface area contributed by atoms with Crippen LogP contribution in [0.3, 0.4) is 0 Å². The highest BCUT2D eigenvalue weighted by Crippen LogP contribution is 2.31. The maximum absolute atomic E-state index is 10.7. The van der Waals surface area contributed by atoms with Gasteiger partial charge in [0.25, 0.3) is 0 Å². The van der Waals surface area contributed by atoms with Crippen molar-refractivity contribution in [1.82, 2.24) is 0 Å². The molecular weight excluding hydrogens is 240 g/mol. The van der Waals surface area contributed by atoms with Crippen molar-refractivity contribution >= 4 is 17.0 Å². The molecule has 0 unspecified atom stereocenters. The molecule has 88 valence electrons. The highest BCUT2D eigenvalue weighted by Gasteiger charge is 2.17. The average molecular weight is 250 g/mol. The van der Waals surface area contributed by atoms with Gasteiger partial charge in [0.15, 0.2) is 5.75 Å². The van der Waals surface area contributed by atoms with Crippen LogP contribution in [-0.4, -0.2) is 10.0 Å². The van der Waals surface area contributed by atoms with Crippen LogP contribution < -0.4 is 5.73 Å². The molecule has 2 aromatic rings. The van der Waals surface area contributed by atoms with Crippen LogP contribution in [0.4, 0.5) is 5.69 Å². The molecule has 17 heavy (non-hydrogen) atoms. The molecule has 0 aliphatic rings. The molecule has 0 aliphatic heterocycles. The van der Waals surface area contributed by atoms with Crippen molar-refractivity contribution in [1.29, 1.82) is 0 Å². The van der Waals surface area contributed by atoms with E-state index in [1.54, 1.807) is 6.07 Å². The molecule has 0 saturated heterocycles. The van der Waals surface area contributed by atoms with Gasteiger partial charge in [-0.1, -0.05) is 12.1 Å². The summed E-state index contributed by atoms with van der Waals surface area (Å²) < 4.78 is 0. The number of thiophene rings is 1. The smallest absolute Gasteiger partial charge is 0.311 e. The lowest BCUT2D eigenvalue weighted by molar-refractivity contribution is -0.385. The second kappa shape index (κ2) is 4.52. The molecule has 1 aromatic carbocycles. The fourth-order valence-corrected chi connectivity index (χ4v) is 2.27. The summed E-state index contributed by atoms with van der Waals surface area (Å²) in [5.74, 6) is -0.350. The number of phenols is 1. The lowest BCUT2D eigenvalue weighted by Gasteiger charge is -2.09. The Morgan fingerprint density at radius 2 is 2.18 bits per heavy atom. The number of rotatable bonds is 3. The van der Waals surface area contributed by atoms with Gasteiger partial charge in [-0.15, -0.1) is 11.3 Å². The fourth-order valence-electron chi connectivity index (χ4n) is 1.51. The predicted octanol–water partition coefficient (Wildman–Crippen LogP) is 2.41. The van der Waals surface area contributed by atoms with E-state index in [4.69, 9.17) is 5.73 Å².